The quantitative estimate of drug-likeness (QED) is 0.544. The van der Waals surface area contributed by atoms with Gasteiger partial charge >= 0.3 is 0 Å². The Kier molecular flexibility index (Phi) is 3.05. The molecule has 2 saturated carbocycles. The maximum atomic E-state index is 7.35. The van der Waals surface area contributed by atoms with Gasteiger partial charge < -0.3 is 5.73 Å². The molecule has 0 aliphatic heterocycles. The molecule has 0 saturated heterocycles. The largest absolute Gasteiger partial charge is 0.388 e. The third-order valence-corrected chi connectivity index (χ3v) is 5.17. The van der Waals surface area contributed by atoms with Crippen molar-refractivity contribution in [2.45, 2.75) is 50.2 Å². The first-order valence-corrected chi connectivity index (χ1v) is 6.70. The lowest BCUT2D eigenvalue weighted by molar-refractivity contribution is 0.610. The van der Waals surface area contributed by atoms with Crippen molar-refractivity contribution in [3.05, 3.63) is 0 Å². The smallest absolute Gasteiger partial charge is 0.0911 e. The summed E-state index contributed by atoms with van der Waals surface area (Å²) >= 11 is 2.14. The molecule has 2 aliphatic rings. The summed E-state index contributed by atoms with van der Waals surface area (Å²) in [5.74, 6) is 1.63. The highest BCUT2D eigenvalue weighted by atomic mass is 32.2. The Hall–Kier alpha value is -0.180. The summed E-state index contributed by atoms with van der Waals surface area (Å²) in [6.45, 7) is 0. The normalized spacial score (nSPS) is 25.1. The Morgan fingerprint density at radius 2 is 2.00 bits per heavy atom. The highest BCUT2D eigenvalue weighted by molar-refractivity contribution is 7.99. The lowest BCUT2D eigenvalue weighted by Gasteiger charge is -2.16. The van der Waals surface area contributed by atoms with E-state index in [9.17, 15) is 0 Å². The number of nitrogens with two attached hydrogens (primary N) is 1. The lowest BCUT2D eigenvalue weighted by atomic mass is 10.1. The lowest BCUT2D eigenvalue weighted by Crippen LogP contribution is -2.18. The van der Waals surface area contributed by atoms with Crippen LogP contribution >= 0.6 is 11.8 Å². The van der Waals surface area contributed by atoms with Gasteiger partial charge in [-0.05, 0) is 36.9 Å². The summed E-state index contributed by atoms with van der Waals surface area (Å²) < 4.78 is 0. The van der Waals surface area contributed by atoms with Crippen LogP contribution in [0.5, 0.6) is 0 Å². The summed E-state index contributed by atoms with van der Waals surface area (Å²) in [4.78, 5) is 0. The van der Waals surface area contributed by atoms with Crippen LogP contribution in [0.25, 0.3) is 0 Å². The Bertz CT molecular complexity index is 217. The summed E-state index contributed by atoms with van der Waals surface area (Å²) in [5.41, 5.74) is 5.92. The highest BCUT2D eigenvalue weighted by Gasteiger charge is 2.43. The third-order valence-electron chi connectivity index (χ3n) is 3.45. The van der Waals surface area contributed by atoms with E-state index in [1.807, 2.05) is 0 Å². The molecular formula is C11H20N2S. The summed E-state index contributed by atoms with van der Waals surface area (Å²) in [5, 5.41) is 8.26. The van der Waals surface area contributed by atoms with Gasteiger partial charge in [0.15, 0.2) is 0 Å². The summed E-state index contributed by atoms with van der Waals surface area (Å²) in [6.07, 6.45) is 9.13. The van der Waals surface area contributed by atoms with E-state index in [4.69, 9.17) is 11.1 Å². The van der Waals surface area contributed by atoms with Gasteiger partial charge in [0.05, 0.1) is 5.84 Å². The molecule has 2 nitrogen and oxygen atoms in total. The molecule has 0 heterocycles. The molecule has 0 aromatic rings. The van der Waals surface area contributed by atoms with Crippen molar-refractivity contribution in [1.29, 1.82) is 5.41 Å². The molecule has 3 N–H and O–H groups in total. The number of thioether (sulfide) groups is 1. The van der Waals surface area contributed by atoms with Crippen LogP contribution in [-0.2, 0) is 0 Å². The van der Waals surface area contributed by atoms with Gasteiger partial charge in [-0.25, -0.2) is 0 Å². The van der Waals surface area contributed by atoms with E-state index in [1.165, 1.54) is 44.3 Å². The summed E-state index contributed by atoms with van der Waals surface area (Å²) in [6, 6.07) is 0. The first kappa shape index (κ1) is 10.3. The molecule has 0 bridgehead atoms. The number of nitrogens with one attached hydrogen (secondary N) is 1. The van der Waals surface area contributed by atoms with Crippen molar-refractivity contribution in [2.75, 3.05) is 5.75 Å². The standard InChI is InChI=1S/C11H20N2S/c12-10(13)7-11(5-6-11)8-14-9-3-1-2-4-9/h9H,1-8H2,(H3,12,13). The Morgan fingerprint density at radius 3 is 2.50 bits per heavy atom. The van der Waals surface area contributed by atoms with Gasteiger partial charge in [0.25, 0.3) is 0 Å². The maximum Gasteiger partial charge on any atom is 0.0911 e. The molecule has 0 unspecified atom stereocenters. The van der Waals surface area contributed by atoms with Crippen molar-refractivity contribution < 1.29 is 0 Å². The molecule has 0 amide bonds. The average Bonchev–Trinajstić information content (AvgIpc) is 2.68. The van der Waals surface area contributed by atoms with Crippen molar-refractivity contribution in [3.8, 4) is 0 Å². The fourth-order valence-electron chi connectivity index (χ4n) is 2.30. The second-order valence-corrected chi connectivity index (χ2v) is 6.21. The first-order valence-electron chi connectivity index (χ1n) is 5.65. The fourth-order valence-corrected chi connectivity index (χ4v) is 3.95. The zero-order valence-electron chi connectivity index (χ0n) is 8.72. The fraction of sp³-hybridized carbons (Fsp3) is 0.909. The topological polar surface area (TPSA) is 49.9 Å². The molecule has 80 valence electrons. The van der Waals surface area contributed by atoms with E-state index in [-0.39, 0.29) is 0 Å². The minimum absolute atomic E-state index is 0.384. The highest BCUT2D eigenvalue weighted by Crippen LogP contribution is 2.52. The van der Waals surface area contributed by atoms with Crippen LogP contribution in [0.1, 0.15) is 44.9 Å². The number of amidine groups is 1. The van der Waals surface area contributed by atoms with Crippen LogP contribution in [0.4, 0.5) is 0 Å². The molecule has 2 rings (SSSR count). The average molecular weight is 212 g/mol. The van der Waals surface area contributed by atoms with Gasteiger partial charge in [-0.15, -0.1) is 0 Å². The van der Waals surface area contributed by atoms with Gasteiger partial charge in [0, 0.05) is 11.7 Å². The zero-order valence-corrected chi connectivity index (χ0v) is 9.54. The molecule has 3 heteroatoms. The van der Waals surface area contributed by atoms with E-state index in [1.54, 1.807) is 0 Å². The van der Waals surface area contributed by atoms with Crippen molar-refractivity contribution in [2.24, 2.45) is 11.1 Å². The first-order chi connectivity index (χ1) is 6.70. The predicted octanol–water partition coefficient (Wildman–Crippen LogP) is 2.77. The van der Waals surface area contributed by atoms with E-state index in [0.717, 1.165) is 11.7 Å². The van der Waals surface area contributed by atoms with Crippen LogP contribution in [0, 0.1) is 10.8 Å². The van der Waals surface area contributed by atoms with E-state index in [0.29, 0.717) is 11.3 Å². The third kappa shape index (κ3) is 2.66. The molecule has 0 atom stereocenters. The molecule has 2 aliphatic carbocycles. The molecule has 2 fully saturated rings. The minimum Gasteiger partial charge on any atom is -0.388 e. The SMILES string of the molecule is N=C(N)CC1(CSC2CCCC2)CC1. The number of hydrogen-bond donors (Lipinski definition) is 2. The van der Waals surface area contributed by atoms with Crippen molar-refractivity contribution in [1.82, 2.24) is 0 Å². The van der Waals surface area contributed by atoms with Crippen LogP contribution in [0.2, 0.25) is 0 Å². The van der Waals surface area contributed by atoms with Gasteiger partial charge in [0.2, 0.25) is 0 Å². The molecule has 14 heavy (non-hydrogen) atoms. The molecule has 0 spiro atoms. The minimum atomic E-state index is 0.384. The Balaban J connectivity index is 1.71. The van der Waals surface area contributed by atoms with Crippen molar-refractivity contribution in [3.63, 3.8) is 0 Å². The van der Waals surface area contributed by atoms with E-state index < -0.39 is 0 Å². The number of hydrogen-bond acceptors (Lipinski definition) is 2. The molecule has 0 aromatic heterocycles. The molecular weight excluding hydrogens is 192 g/mol. The molecule has 0 aromatic carbocycles. The van der Waals surface area contributed by atoms with Crippen LogP contribution < -0.4 is 5.73 Å². The monoisotopic (exact) mass is 212 g/mol. The molecule has 0 radical (unpaired) electrons. The second kappa shape index (κ2) is 4.13. The van der Waals surface area contributed by atoms with Crippen LogP contribution in [-0.4, -0.2) is 16.8 Å². The second-order valence-electron chi connectivity index (χ2n) is 4.92. The van der Waals surface area contributed by atoms with E-state index in [2.05, 4.69) is 11.8 Å². The van der Waals surface area contributed by atoms with Crippen LogP contribution in [0.3, 0.4) is 0 Å². The van der Waals surface area contributed by atoms with Crippen molar-refractivity contribution >= 4 is 17.6 Å². The maximum absolute atomic E-state index is 7.35. The van der Waals surface area contributed by atoms with Gasteiger partial charge in [0.1, 0.15) is 0 Å². The van der Waals surface area contributed by atoms with Gasteiger partial charge in [-0.1, -0.05) is 12.8 Å². The summed E-state index contributed by atoms with van der Waals surface area (Å²) in [7, 11) is 0. The van der Waals surface area contributed by atoms with Crippen LogP contribution in [0.15, 0.2) is 0 Å². The zero-order chi connectivity index (χ0) is 10.0. The Labute approximate surface area is 90.5 Å². The Morgan fingerprint density at radius 1 is 1.36 bits per heavy atom. The predicted molar refractivity (Wildman–Crippen MR) is 62.9 cm³/mol. The van der Waals surface area contributed by atoms with Gasteiger partial charge in [-0.2, -0.15) is 11.8 Å². The van der Waals surface area contributed by atoms with Gasteiger partial charge in [-0.3, -0.25) is 5.41 Å². The number of rotatable bonds is 5. The van der Waals surface area contributed by atoms with E-state index >= 15 is 0 Å².